The molecule has 5 heteroatoms. The first-order chi connectivity index (χ1) is 7.22. The number of hydrogen-bond acceptors (Lipinski definition) is 4. The molecule has 2 heterocycles. The molecular formula is C10H9N3O2. The smallest absolute Gasteiger partial charge is 0.338 e. The molecule has 1 aliphatic rings. The molecule has 5 nitrogen and oxygen atoms in total. The highest BCUT2D eigenvalue weighted by Crippen LogP contribution is 2.16. The van der Waals surface area contributed by atoms with E-state index in [0.29, 0.717) is 6.54 Å². The summed E-state index contributed by atoms with van der Waals surface area (Å²) in [5.41, 5.74) is 1.69. The molecule has 0 fully saturated rings. The predicted molar refractivity (Wildman–Crippen MR) is 51.3 cm³/mol. The molecule has 2 N–H and O–H groups in total. The fourth-order valence-corrected chi connectivity index (χ4v) is 1.64. The van der Waals surface area contributed by atoms with E-state index in [4.69, 9.17) is 10.4 Å². The first-order valence-electron chi connectivity index (χ1n) is 4.59. The molecule has 15 heavy (non-hydrogen) atoms. The van der Waals surface area contributed by atoms with Crippen molar-refractivity contribution in [1.29, 1.82) is 5.26 Å². The second-order valence-electron chi connectivity index (χ2n) is 3.33. The van der Waals surface area contributed by atoms with E-state index in [0.717, 1.165) is 24.2 Å². The van der Waals surface area contributed by atoms with Crippen LogP contribution < -0.4 is 5.32 Å². The summed E-state index contributed by atoms with van der Waals surface area (Å²) in [7, 11) is 0. The maximum absolute atomic E-state index is 10.9. The van der Waals surface area contributed by atoms with Crippen LogP contribution in [0, 0.1) is 11.3 Å². The molecule has 0 amide bonds. The number of carbonyl (C=O) groups is 1. The number of aromatic carboxylic acids is 1. The minimum absolute atomic E-state index is 0.00292. The zero-order chi connectivity index (χ0) is 10.8. The van der Waals surface area contributed by atoms with Gasteiger partial charge in [0.25, 0.3) is 0 Å². The second kappa shape index (κ2) is 3.67. The van der Waals surface area contributed by atoms with E-state index in [9.17, 15) is 4.79 Å². The quantitative estimate of drug-likeness (QED) is 0.685. The number of nitrogens with one attached hydrogen (secondary N) is 1. The van der Waals surface area contributed by atoms with Crippen LogP contribution in [0.2, 0.25) is 0 Å². The molecular weight excluding hydrogens is 194 g/mol. The number of nitriles is 1. The lowest BCUT2D eigenvalue weighted by Gasteiger charge is -2.16. The van der Waals surface area contributed by atoms with Gasteiger partial charge in [-0.05, 0) is 11.6 Å². The average molecular weight is 203 g/mol. The van der Waals surface area contributed by atoms with Crippen molar-refractivity contribution in [3.05, 3.63) is 28.6 Å². The van der Waals surface area contributed by atoms with Gasteiger partial charge in [-0.3, -0.25) is 0 Å². The highest BCUT2D eigenvalue weighted by atomic mass is 16.4. The number of hydrogen-bond donors (Lipinski definition) is 2. The summed E-state index contributed by atoms with van der Waals surface area (Å²) < 4.78 is 0. The van der Waals surface area contributed by atoms with Gasteiger partial charge in [-0.15, -0.1) is 0 Å². The van der Waals surface area contributed by atoms with Crippen molar-refractivity contribution in [2.45, 2.75) is 13.0 Å². The number of rotatable bonds is 1. The normalized spacial score (nSPS) is 14.1. The van der Waals surface area contributed by atoms with Crippen molar-refractivity contribution in [3.8, 4) is 6.07 Å². The number of carboxylic acid groups (broad SMARTS) is 1. The summed E-state index contributed by atoms with van der Waals surface area (Å²) in [6, 6.07) is 3.35. The fraction of sp³-hybridized carbons (Fsp3) is 0.300. The van der Waals surface area contributed by atoms with Crippen LogP contribution >= 0.6 is 0 Å². The lowest BCUT2D eigenvalue weighted by molar-refractivity contribution is 0.0696. The molecule has 0 saturated heterocycles. The summed E-state index contributed by atoms with van der Waals surface area (Å²) in [5.74, 6) is -1.10. The minimum Gasteiger partial charge on any atom is -0.478 e. The number of nitrogens with zero attached hydrogens (tertiary/aromatic N) is 2. The van der Waals surface area contributed by atoms with Gasteiger partial charge in [0.1, 0.15) is 6.07 Å². The van der Waals surface area contributed by atoms with Crippen LogP contribution in [0.15, 0.2) is 6.07 Å². The third-order valence-corrected chi connectivity index (χ3v) is 2.38. The molecule has 0 unspecified atom stereocenters. The Bertz CT molecular complexity index is 462. The van der Waals surface area contributed by atoms with E-state index in [1.165, 1.54) is 6.07 Å². The van der Waals surface area contributed by atoms with Gasteiger partial charge in [0.15, 0.2) is 5.69 Å². The molecule has 1 aliphatic heterocycles. The Balaban J connectivity index is 2.57. The van der Waals surface area contributed by atoms with E-state index in [1.807, 2.05) is 6.07 Å². The molecule has 0 bridgehead atoms. The Morgan fingerprint density at radius 2 is 2.47 bits per heavy atom. The van der Waals surface area contributed by atoms with Crippen molar-refractivity contribution < 1.29 is 9.90 Å². The van der Waals surface area contributed by atoms with Crippen molar-refractivity contribution in [1.82, 2.24) is 10.3 Å². The van der Waals surface area contributed by atoms with Gasteiger partial charge in [-0.2, -0.15) is 5.26 Å². The monoisotopic (exact) mass is 203 g/mol. The fourth-order valence-electron chi connectivity index (χ4n) is 1.64. The molecule has 0 radical (unpaired) electrons. The minimum atomic E-state index is -1.10. The summed E-state index contributed by atoms with van der Waals surface area (Å²) in [6.45, 7) is 1.44. The zero-order valence-electron chi connectivity index (χ0n) is 7.95. The lowest BCUT2D eigenvalue weighted by Crippen LogP contribution is -2.25. The molecule has 0 spiro atoms. The van der Waals surface area contributed by atoms with Crippen molar-refractivity contribution in [3.63, 3.8) is 0 Å². The van der Waals surface area contributed by atoms with Crippen LogP contribution in [0.4, 0.5) is 0 Å². The van der Waals surface area contributed by atoms with Gasteiger partial charge in [-0.25, -0.2) is 9.78 Å². The Hall–Kier alpha value is -1.93. The summed E-state index contributed by atoms with van der Waals surface area (Å²) in [4.78, 5) is 14.9. The van der Waals surface area contributed by atoms with Gasteiger partial charge in [0, 0.05) is 25.2 Å². The second-order valence-corrected chi connectivity index (χ2v) is 3.33. The maximum atomic E-state index is 10.9. The van der Waals surface area contributed by atoms with Crippen molar-refractivity contribution in [2.75, 3.05) is 6.54 Å². The molecule has 0 aromatic carbocycles. The van der Waals surface area contributed by atoms with Gasteiger partial charge in [0.2, 0.25) is 0 Å². The highest BCUT2D eigenvalue weighted by Gasteiger charge is 2.18. The summed E-state index contributed by atoms with van der Waals surface area (Å²) >= 11 is 0. The molecule has 1 aromatic heterocycles. The van der Waals surface area contributed by atoms with E-state index < -0.39 is 5.97 Å². The van der Waals surface area contributed by atoms with Crippen LogP contribution in [-0.4, -0.2) is 22.6 Å². The third kappa shape index (κ3) is 1.67. The van der Waals surface area contributed by atoms with Gasteiger partial charge in [-0.1, -0.05) is 0 Å². The lowest BCUT2D eigenvalue weighted by atomic mass is 10.0. The summed E-state index contributed by atoms with van der Waals surface area (Å²) in [5, 5.41) is 20.8. The molecule has 76 valence electrons. The van der Waals surface area contributed by atoms with Crippen LogP contribution in [0.3, 0.4) is 0 Å². The number of aromatic nitrogens is 1. The zero-order valence-corrected chi connectivity index (χ0v) is 7.95. The number of carboxylic acids is 1. The SMILES string of the molecule is N#Cc1nc2c(cc1C(=O)O)CNCC2. The van der Waals surface area contributed by atoms with Crippen LogP contribution in [0.5, 0.6) is 0 Å². The van der Waals surface area contributed by atoms with E-state index >= 15 is 0 Å². The predicted octanol–water partition coefficient (Wildman–Crippen LogP) is 0.297. The Kier molecular flexibility index (Phi) is 2.35. The Labute approximate surface area is 86.4 Å². The van der Waals surface area contributed by atoms with Crippen LogP contribution in [0.1, 0.15) is 27.3 Å². The standard InChI is InChI=1S/C10H9N3O2/c11-4-9-7(10(14)15)3-6-5-12-2-1-8(6)13-9/h3,12H,1-2,5H2,(H,14,15). The molecule has 0 atom stereocenters. The third-order valence-electron chi connectivity index (χ3n) is 2.38. The van der Waals surface area contributed by atoms with Crippen LogP contribution in [0.25, 0.3) is 0 Å². The summed E-state index contributed by atoms with van der Waals surface area (Å²) in [6.07, 6.45) is 0.740. The van der Waals surface area contributed by atoms with E-state index in [2.05, 4.69) is 10.3 Å². The van der Waals surface area contributed by atoms with Crippen molar-refractivity contribution in [2.24, 2.45) is 0 Å². The van der Waals surface area contributed by atoms with E-state index in [1.54, 1.807) is 0 Å². The molecule has 0 aliphatic carbocycles. The van der Waals surface area contributed by atoms with Crippen LogP contribution in [-0.2, 0) is 13.0 Å². The number of fused-ring (bicyclic) bond motifs is 1. The van der Waals surface area contributed by atoms with Crippen molar-refractivity contribution >= 4 is 5.97 Å². The largest absolute Gasteiger partial charge is 0.478 e. The Morgan fingerprint density at radius 3 is 3.13 bits per heavy atom. The molecule has 2 rings (SSSR count). The topological polar surface area (TPSA) is 86.0 Å². The van der Waals surface area contributed by atoms with Gasteiger partial charge < -0.3 is 10.4 Å². The first kappa shape index (κ1) is 9.62. The molecule has 0 saturated carbocycles. The van der Waals surface area contributed by atoms with E-state index in [-0.39, 0.29) is 11.3 Å². The average Bonchev–Trinajstić information content (AvgIpc) is 2.27. The Morgan fingerprint density at radius 1 is 1.67 bits per heavy atom. The van der Waals surface area contributed by atoms with Gasteiger partial charge >= 0.3 is 5.97 Å². The highest BCUT2D eigenvalue weighted by molar-refractivity contribution is 5.90. The maximum Gasteiger partial charge on any atom is 0.338 e. The molecule has 1 aromatic rings. The number of pyridine rings is 1. The first-order valence-corrected chi connectivity index (χ1v) is 4.59. The van der Waals surface area contributed by atoms with Gasteiger partial charge in [0.05, 0.1) is 5.56 Å².